The van der Waals surface area contributed by atoms with Crippen molar-refractivity contribution in [3.8, 4) is 0 Å². The van der Waals surface area contributed by atoms with Gasteiger partial charge in [0.1, 0.15) is 0 Å². The van der Waals surface area contributed by atoms with Crippen molar-refractivity contribution in [1.82, 2.24) is 5.32 Å². The quantitative estimate of drug-likeness (QED) is 0.668. The fourth-order valence-electron chi connectivity index (χ4n) is 1.65. The predicted octanol–water partition coefficient (Wildman–Crippen LogP) is 3.10. The Morgan fingerprint density at radius 2 is 1.79 bits per heavy atom. The molecule has 0 aromatic heterocycles. The van der Waals surface area contributed by atoms with Gasteiger partial charge >= 0.3 is 0 Å². The molecular weight excluding hydrogens is 285 g/mol. The summed E-state index contributed by atoms with van der Waals surface area (Å²) in [5.74, 6) is 0. The third kappa shape index (κ3) is 2.82. The molecule has 0 saturated heterocycles. The summed E-state index contributed by atoms with van der Waals surface area (Å²) in [4.78, 5) is 0. The van der Waals surface area contributed by atoms with E-state index >= 15 is 0 Å². The molecule has 0 aliphatic heterocycles. The van der Waals surface area contributed by atoms with Gasteiger partial charge in [0.2, 0.25) is 0 Å². The van der Waals surface area contributed by atoms with E-state index in [0.29, 0.717) is 6.04 Å². The van der Waals surface area contributed by atoms with Gasteiger partial charge in [0, 0.05) is 16.2 Å². The summed E-state index contributed by atoms with van der Waals surface area (Å²) in [7, 11) is 0. The minimum absolute atomic E-state index is 0.661. The van der Waals surface area contributed by atoms with Crippen LogP contribution < -0.4 is 5.32 Å². The minimum Gasteiger partial charge on any atom is -0.309 e. The molecule has 0 unspecified atom stereocenters. The molecule has 0 saturated carbocycles. The van der Waals surface area contributed by atoms with Gasteiger partial charge in [-0.15, -0.1) is 0 Å². The lowest BCUT2D eigenvalue weighted by Gasteiger charge is -2.11. The second-order valence-corrected chi connectivity index (χ2v) is 4.89. The van der Waals surface area contributed by atoms with Crippen molar-refractivity contribution in [2.45, 2.75) is 25.4 Å². The Balaban J connectivity index is 1.82. The molecule has 14 heavy (non-hydrogen) atoms. The largest absolute Gasteiger partial charge is 0.309 e. The number of halogens is 1. The van der Waals surface area contributed by atoms with Crippen LogP contribution >= 0.6 is 22.6 Å². The number of benzene rings is 1. The highest BCUT2D eigenvalue weighted by atomic mass is 127. The Morgan fingerprint density at radius 1 is 1.14 bits per heavy atom. The van der Waals surface area contributed by atoms with E-state index in [0.717, 1.165) is 6.54 Å². The summed E-state index contributed by atoms with van der Waals surface area (Å²) in [6.45, 7) is 0.989. The van der Waals surface area contributed by atoms with E-state index in [1.165, 1.54) is 22.0 Å². The topological polar surface area (TPSA) is 12.0 Å². The summed E-state index contributed by atoms with van der Waals surface area (Å²) >= 11 is 2.33. The maximum atomic E-state index is 3.55. The van der Waals surface area contributed by atoms with Crippen molar-refractivity contribution in [1.29, 1.82) is 0 Å². The number of nitrogens with one attached hydrogen (secondary N) is 1. The normalized spacial score (nSPS) is 16.4. The van der Waals surface area contributed by atoms with Gasteiger partial charge in [-0.05, 0) is 53.1 Å². The smallest absolute Gasteiger partial charge is 0.0208 e. The van der Waals surface area contributed by atoms with Crippen LogP contribution in [0.3, 0.4) is 0 Å². The zero-order valence-electron chi connectivity index (χ0n) is 8.04. The van der Waals surface area contributed by atoms with Gasteiger partial charge in [-0.25, -0.2) is 0 Å². The molecule has 0 bridgehead atoms. The number of rotatable bonds is 3. The first-order valence-electron chi connectivity index (χ1n) is 4.97. The first kappa shape index (κ1) is 10.2. The summed E-state index contributed by atoms with van der Waals surface area (Å²) < 4.78 is 1.30. The van der Waals surface area contributed by atoms with Crippen molar-refractivity contribution in [2.24, 2.45) is 0 Å². The molecule has 1 aromatic rings. The monoisotopic (exact) mass is 299 g/mol. The molecule has 2 heteroatoms. The Bertz CT molecular complexity index is 308. The van der Waals surface area contributed by atoms with Crippen LogP contribution in [0.2, 0.25) is 0 Å². The van der Waals surface area contributed by atoms with Crippen LogP contribution in [0.5, 0.6) is 0 Å². The predicted molar refractivity (Wildman–Crippen MR) is 68.2 cm³/mol. The van der Waals surface area contributed by atoms with Gasteiger partial charge in [0.05, 0.1) is 0 Å². The fraction of sp³-hybridized carbons (Fsp3) is 0.333. The van der Waals surface area contributed by atoms with Gasteiger partial charge in [-0.1, -0.05) is 24.3 Å². The van der Waals surface area contributed by atoms with E-state index in [1.807, 2.05) is 0 Å². The summed E-state index contributed by atoms with van der Waals surface area (Å²) in [5.41, 5.74) is 1.37. The van der Waals surface area contributed by atoms with E-state index in [1.54, 1.807) is 0 Å². The molecule has 0 fully saturated rings. The first-order chi connectivity index (χ1) is 6.84. The average molecular weight is 299 g/mol. The SMILES string of the molecule is Ic1ccc(CNC2CC=CC2)cc1. The van der Waals surface area contributed by atoms with Gasteiger partial charge in [0.15, 0.2) is 0 Å². The minimum atomic E-state index is 0.661. The molecule has 1 N–H and O–H groups in total. The molecule has 0 radical (unpaired) electrons. The summed E-state index contributed by atoms with van der Waals surface area (Å²) in [6, 6.07) is 9.36. The molecule has 1 nitrogen and oxygen atoms in total. The molecule has 0 atom stereocenters. The lowest BCUT2D eigenvalue weighted by atomic mass is 10.2. The zero-order valence-corrected chi connectivity index (χ0v) is 10.2. The maximum Gasteiger partial charge on any atom is 0.0208 e. The van der Waals surface area contributed by atoms with E-state index < -0.39 is 0 Å². The Hall–Kier alpha value is -0.350. The maximum absolute atomic E-state index is 3.55. The van der Waals surface area contributed by atoms with Crippen LogP contribution in [0.4, 0.5) is 0 Å². The van der Waals surface area contributed by atoms with Crippen molar-refractivity contribution >= 4 is 22.6 Å². The van der Waals surface area contributed by atoms with Crippen molar-refractivity contribution in [3.05, 3.63) is 45.6 Å². The van der Waals surface area contributed by atoms with Crippen molar-refractivity contribution in [3.63, 3.8) is 0 Å². The third-order valence-corrected chi connectivity index (χ3v) is 3.24. The Morgan fingerprint density at radius 3 is 2.43 bits per heavy atom. The fourth-order valence-corrected chi connectivity index (χ4v) is 2.01. The van der Waals surface area contributed by atoms with Crippen LogP contribution in [-0.4, -0.2) is 6.04 Å². The van der Waals surface area contributed by atoms with E-state index in [-0.39, 0.29) is 0 Å². The third-order valence-electron chi connectivity index (χ3n) is 2.52. The average Bonchev–Trinajstić information content (AvgIpc) is 2.70. The first-order valence-corrected chi connectivity index (χ1v) is 6.05. The molecule has 1 aliphatic rings. The summed E-state index contributed by atoms with van der Waals surface area (Å²) in [6.07, 6.45) is 6.88. The van der Waals surface area contributed by atoms with Crippen LogP contribution in [-0.2, 0) is 6.54 Å². The Kier molecular flexibility index (Phi) is 3.59. The molecule has 0 heterocycles. The van der Waals surface area contributed by atoms with Gasteiger partial charge in [-0.2, -0.15) is 0 Å². The van der Waals surface area contributed by atoms with Crippen molar-refractivity contribution in [2.75, 3.05) is 0 Å². The molecule has 1 aliphatic carbocycles. The van der Waals surface area contributed by atoms with Crippen LogP contribution in [0.25, 0.3) is 0 Å². The lowest BCUT2D eigenvalue weighted by Crippen LogP contribution is -2.25. The Labute approximate surface area is 98.7 Å². The highest BCUT2D eigenvalue weighted by molar-refractivity contribution is 14.1. The van der Waals surface area contributed by atoms with Crippen LogP contribution in [0, 0.1) is 3.57 Å². The van der Waals surface area contributed by atoms with Crippen molar-refractivity contribution < 1.29 is 0 Å². The highest BCUT2D eigenvalue weighted by Crippen LogP contribution is 2.11. The summed E-state index contributed by atoms with van der Waals surface area (Å²) in [5, 5.41) is 3.55. The van der Waals surface area contributed by atoms with Crippen LogP contribution in [0.1, 0.15) is 18.4 Å². The van der Waals surface area contributed by atoms with E-state index in [2.05, 4.69) is 64.3 Å². The molecule has 1 aromatic carbocycles. The van der Waals surface area contributed by atoms with Crippen LogP contribution in [0.15, 0.2) is 36.4 Å². The molecule has 2 rings (SSSR count). The van der Waals surface area contributed by atoms with Gasteiger partial charge < -0.3 is 5.32 Å². The molecule has 74 valence electrons. The highest BCUT2D eigenvalue weighted by Gasteiger charge is 2.08. The lowest BCUT2D eigenvalue weighted by molar-refractivity contribution is 0.538. The zero-order chi connectivity index (χ0) is 9.80. The molecule has 0 spiro atoms. The van der Waals surface area contributed by atoms with E-state index in [4.69, 9.17) is 0 Å². The number of hydrogen-bond acceptors (Lipinski definition) is 1. The standard InChI is InChI=1S/C12H14IN/c13-11-7-5-10(6-8-11)9-14-12-3-1-2-4-12/h1-2,5-8,12,14H,3-4,9H2. The van der Waals surface area contributed by atoms with E-state index in [9.17, 15) is 0 Å². The molecule has 0 amide bonds. The van der Waals surface area contributed by atoms with Gasteiger partial charge in [0.25, 0.3) is 0 Å². The second kappa shape index (κ2) is 4.94. The number of hydrogen-bond donors (Lipinski definition) is 1. The molecular formula is C12H14IN. The van der Waals surface area contributed by atoms with Gasteiger partial charge in [-0.3, -0.25) is 0 Å². The second-order valence-electron chi connectivity index (χ2n) is 3.65.